The summed E-state index contributed by atoms with van der Waals surface area (Å²) in [6.45, 7) is 1.45. The predicted octanol–water partition coefficient (Wildman–Crippen LogP) is 0.904. The van der Waals surface area contributed by atoms with E-state index in [2.05, 4.69) is 5.32 Å². The molecule has 1 aromatic rings. The number of carboxylic acids is 1. The molecule has 2 N–H and O–H groups in total. The lowest BCUT2D eigenvalue weighted by atomic mass is 10.1. The number of methoxy groups -OCH3 is 1. The van der Waals surface area contributed by atoms with Gasteiger partial charge in [0.05, 0.1) is 0 Å². The second kappa shape index (κ2) is 6.12. The number of hydrogen-bond acceptors (Lipinski definition) is 4. The molecule has 5 nitrogen and oxygen atoms in total. The third-order valence-corrected chi connectivity index (χ3v) is 2.30. The van der Waals surface area contributed by atoms with Gasteiger partial charge in [-0.15, -0.1) is 0 Å². The Kier molecular flexibility index (Phi) is 4.81. The Balaban J connectivity index is 2.75. The molecule has 0 bridgehead atoms. The summed E-state index contributed by atoms with van der Waals surface area (Å²) in [4.78, 5) is 22.6. The van der Waals surface area contributed by atoms with Gasteiger partial charge in [-0.2, -0.15) is 0 Å². The topological polar surface area (TPSA) is 75.6 Å². The summed E-state index contributed by atoms with van der Waals surface area (Å²) in [7, 11) is 1.35. The first-order valence-electron chi connectivity index (χ1n) is 5.17. The average molecular weight is 237 g/mol. The molecule has 0 aliphatic carbocycles. The number of rotatable bonds is 6. The van der Waals surface area contributed by atoms with Crippen LogP contribution in [0.3, 0.4) is 0 Å². The van der Waals surface area contributed by atoms with Crippen LogP contribution in [0.1, 0.15) is 17.3 Å². The van der Waals surface area contributed by atoms with Crippen LogP contribution in [0.15, 0.2) is 30.3 Å². The monoisotopic (exact) mass is 237 g/mol. The van der Waals surface area contributed by atoms with Gasteiger partial charge in [0.15, 0.2) is 6.23 Å². The Morgan fingerprint density at radius 2 is 1.88 bits per heavy atom. The van der Waals surface area contributed by atoms with Crippen molar-refractivity contribution >= 4 is 11.8 Å². The SMILES string of the molecule is COC(N[C@H](C)C(=O)O)C(=O)c1ccccc1. The molecule has 0 amide bonds. The van der Waals surface area contributed by atoms with Crippen molar-refractivity contribution in [3.63, 3.8) is 0 Å². The van der Waals surface area contributed by atoms with Gasteiger partial charge in [0.2, 0.25) is 5.78 Å². The first kappa shape index (κ1) is 13.3. The van der Waals surface area contributed by atoms with Crippen LogP contribution in [-0.4, -0.2) is 36.2 Å². The Hall–Kier alpha value is -1.72. The van der Waals surface area contributed by atoms with E-state index in [4.69, 9.17) is 9.84 Å². The van der Waals surface area contributed by atoms with Crippen molar-refractivity contribution in [2.45, 2.75) is 19.2 Å². The van der Waals surface area contributed by atoms with Crippen molar-refractivity contribution in [2.75, 3.05) is 7.11 Å². The number of Topliss-reactive ketones (excluding diaryl/α,β-unsaturated/α-hetero) is 1. The number of carbonyl (C=O) groups excluding carboxylic acids is 1. The molecule has 1 aromatic carbocycles. The highest BCUT2D eigenvalue weighted by molar-refractivity contribution is 5.99. The van der Waals surface area contributed by atoms with Crippen LogP contribution in [0, 0.1) is 0 Å². The average Bonchev–Trinajstić information content (AvgIpc) is 2.35. The van der Waals surface area contributed by atoms with E-state index >= 15 is 0 Å². The Morgan fingerprint density at radius 1 is 1.29 bits per heavy atom. The molecule has 0 aliphatic rings. The Bertz CT molecular complexity index is 391. The smallest absolute Gasteiger partial charge is 0.320 e. The van der Waals surface area contributed by atoms with Crippen molar-refractivity contribution in [3.05, 3.63) is 35.9 Å². The number of ether oxygens (including phenoxy) is 1. The number of nitrogens with one attached hydrogen (secondary N) is 1. The summed E-state index contributed by atoms with van der Waals surface area (Å²) < 4.78 is 4.96. The second-order valence-electron chi connectivity index (χ2n) is 3.57. The van der Waals surface area contributed by atoms with Crippen LogP contribution in [0.5, 0.6) is 0 Å². The third kappa shape index (κ3) is 3.65. The van der Waals surface area contributed by atoms with Gasteiger partial charge in [0.1, 0.15) is 6.04 Å². The Morgan fingerprint density at radius 3 is 2.35 bits per heavy atom. The molecule has 1 rings (SSSR count). The van der Waals surface area contributed by atoms with Gasteiger partial charge < -0.3 is 9.84 Å². The number of hydrogen-bond donors (Lipinski definition) is 2. The van der Waals surface area contributed by atoms with E-state index in [1.54, 1.807) is 30.3 Å². The van der Waals surface area contributed by atoms with E-state index in [9.17, 15) is 9.59 Å². The Labute approximate surface area is 99.4 Å². The fourth-order valence-corrected chi connectivity index (χ4v) is 1.30. The summed E-state index contributed by atoms with van der Waals surface area (Å²) in [5.41, 5.74) is 0.476. The van der Waals surface area contributed by atoms with Gasteiger partial charge in [-0.05, 0) is 6.92 Å². The first-order valence-corrected chi connectivity index (χ1v) is 5.17. The van der Waals surface area contributed by atoms with Gasteiger partial charge >= 0.3 is 5.97 Å². The normalized spacial score (nSPS) is 14.0. The van der Waals surface area contributed by atoms with Crippen molar-refractivity contribution < 1.29 is 19.4 Å². The zero-order chi connectivity index (χ0) is 12.8. The van der Waals surface area contributed by atoms with E-state index < -0.39 is 18.2 Å². The van der Waals surface area contributed by atoms with Gasteiger partial charge in [-0.1, -0.05) is 30.3 Å². The van der Waals surface area contributed by atoms with E-state index in [1.807, 2.05) is 0 Å². The number of ketones is 1. The molecule has 2 atom stereocenters. The molecule has 0 saturated carbocycles. The molecule has 0 spiro atoms. The van der Waals surface area contributed by atoms with Crippen LogP contribution < -0.4 is 5.32 Å². The minimum atomic E-state index is -1.03. The number of carbonyl (C=O) groups is 2. The summed E-state index contributed by atoms with van der Waals surface area (Å²) in [5, 5.41) is 11.3. The summed E-state index contributed by atoms with van der Waals surface area (Å²) >= 11 is 0. The molecule has 0 heterocycles. The molecule has 17 heavy (non-hydrogen) atoms. The lowest BCUT2D eigenvalue weighted by Gasteiger charge is -2.18. The quantitative estimate of drug-likeness (QED) is 0.568. The molecule has 1 unspecified atom stereocenters. The van der Waals surface area contributed by atoms with Crippen molar-refractivity contribution in [2.24, 2.45) is 0 Å². The molecular weight excluding hydrogens is 222 g/mol. The van der Waals surface area contributed by atoms with Crippen molar-refractivity contribution in [3.8, 4) is 0 Å². The van der Waals surface area contributed by atoms with Crippen LogP contribution in [0.25, 0.3) is 0 Å². The van der Waals surface area contributed by atoms with Gasteiger partial charge in [-0.3, -0.25) is 14.9 Å². The van der Waals surface area contributed by atoms with Crippen LogP contribution in [-0.2, 0) is 9.53 Å². The summed E-state index contributed by atoms with van der Waals surface area (Å²) in [6, 6.07) is 7.73. The van der Waals surface area contributed by atoms with Gasteiger partial charge in [0.25, 0.3) is 0 Å². The first-order chi connectivity index (χ1) is 8.06. The van der Waals surface area contributed by atoms with E-state index in [0.29, 0.717) is 5.56 Å². The number of carboxylic acid groups (broad SMARTS) is 1. The summed E-state index contributed by atoms with van der Waals surface area (Å²) in [6.07, 6.45) is -0.955. The van der Waals surface area contributed by atoms with Crippen molar-refractivity contribution in [1.29, 1.82) is 0 Å². The number of benzene rings is 1. The highest BCUT2D eigenvalue weighted by atomic mass is 16.5. The van der Waals surface area contributed by atoms with Crippen molar-refractivity contribution in [1.82, 2.24) is 5.32 Å². The zero-order valence-electron chi connectivity index (χ0n) is 9.71. The standard InChI is InChI=1S/C12H15NO4/c1-8(12(15)16)13-11(17-2)10(14)9-6-4-3-5-7-9/h3-8,11,13H,1-2H3,(H,15,16)/t8-,11?/m1/s1. The molecule has 92 valence electrons. The summed E-state index contributed by atoms with van der Waals surface area (Å²) in [5.74, 6) is -1.32. The molecule has 0 saturated heterocycles. The molecule has 0 radical (unpaired) electrons. The fourth-order valence-electron chi connectivity index (χ4n) is 1.30. The maximum absolute atomic E-state index is 12.0. The highest BCUT2D eigenvalue weighted by Gasteiger charge is 2.23. The van der Waals surface area contributed by atoms with Crippen LogP contribution in [0.2, 0.25) is 0 Å². The minimum absolute atomic E-state index is 0.291. The maximum Gasteiger partial charge on any atom is 0.320 e. The van der Waals surface area contributed by atoms with Crippen LogP contribution in [0.4, 0.5) is 0 Å². The number of aliphatic carboxylic acids is 1. The lowest BCUT2D eigenvalue weighted by Crippen LogP contribution is -2.46. The molecular formula is C12H15NO4. The zero-order valence-corrected chi connectivity index (χ0v) is 9.71. The minimum Gasteiger partial charge on any atom is -0.480 e. The fraction of sp³-hybridized carbons (Fsp3) is 0.333. The lowest BCUT2D eigenvalue weighted by molar-refractivity contribution is -0.139. The van der Waals surface area contributed by atoms with Gasteiger partial charge in [0, 0.05) is 12.7 Å². The molecule has 5 heteroatoms. The maximum atomic E-state index is 12.0. The van der Waals surface area contributed by atoms with E-state index in [1.165, 1.54) is 14.0 Å². The van der Waals surface area contributed by atoms with E-state index in [-0.39, 0.29) is 5.78 Å². The molecule has 0 aliphatic heterocycles. The highest BCUT2D eigenvalue weighted by Crippen LogP contribution is 2.04. The molecule has 0 aromatic heterocycles. The second-order valence-corrected chi connectivity index (χ2v) is 3.57. The largest absolute Gasteiger partial charge is 0.480 e. The molecule has 0 fully saturated rings. The van der Waals surface area contributed by atoms with Gasteiger partial charge in [-0.25, -0.2) is 0 Å². The third-order valence-electron chi connectivity index (χ3n) is 2.30. The predicted molar refractivity (Wildman–Crippen MR) is 61.8 cm³/mol. The van der Waals surface area contributed by atoms with E-state index in [0.717, 1.165) is 0 Å². The van der Waals surface area contributed by atoms with Crippen LogP contribution >= 0.6 is 0 Å².